The third-order valence-corrected chi connectivity index (χ3v) is 7.51. The maximum atomic E-state index is 9.01. The second kappa shape index (κ2) is 7.50. The third-order valence-electron chi connectivity index (χ3n) is 6.35. The molecule has 6 rings (SSSR count). The molecule has 2 N–H and O–H groups in total. The van der Waals surface area contributed by atoms with E-state index in [1.165, 1.54) is 23.2 Å². The van der Waals surface area contributed by atoms with Crippen molar-refractivity contribution in [3.05, 3.63) is 36.0 Å². The molecule has 2 aliphatic rings. The Bertz CT molecular complexity index is 1290. The first kappa shape index (κ1) is 18.6. The molecule has 1 saturated heterocycles. The number of fused-ring (bicyclic) bond motifs is 3. The van der Waals surface area contributed by atoms with Gasteiger partial charge in [0, 0.05) is 47.3 Å². The topological polar surface area (TPSA) is 93.5 Å². The highest BCUT2D eigenvalue weighted by Gasteiger charge is 2.26. The Kier molecular flexibility index (Phi) is 4.50. The number of benzene rings is 1. The van der Waals surface area contributed by atoms with Crippen LogP contribution >= 0.6 is 11.3 Å². The largest absolute Gasteiger partial charge is 0.341 e. The number of piperidine rings is 1. The molecule has 1 saturated carbocycles. The van der Waals surface area contributed by atoms with Crippen LogP contribution in [0.15, 0.2) is 30.3 Å². The molecule has 0 bridgehead atoms. The van der Waals surface area contributed by atoms with E-state index in [0.29, 0.717) is 18.3 Å². The van der Waals surface area contributed by atoms with E-state index in [0.717, 1.165) is 59.1 Å². The summed E-state index contributed by atoms with van der Waals surface area (Å²) in [4.78, 5) is 12.2. The number of aromatic amines is 1. The second-order valence-electron chi connectivity index (χ2n) is 8.55. The van der Waals surface area contributed by atoms with Crippen LogP contribution in [0.3, 0.4) is 0 Å². The summed E-state index contributed by atoms with van der Waals surface area (Å²) in [5, 5.41) is 21.3. The molecule has 0 amide bonds. The average molecular weight is 430 g/mol. The number of thiophene rings is 1. The molecule has 4 heterocycles. The van der Waals surface area contributed by atoms with Crippen molar-refractivity contribution in [3.8, 4) is 6.07 Å². The molecule has 0 atom stereocenters. The van der Waals surface area contributed by atoms with Gasteiger partial charge in [0.25, 0.3) is 0 Å². The van der Waals surface area contributed by atoms with E-state index in [1.54, 1.807) is 11.3 Å². The molecule has 1 aliphatic heterocycles. The predicted octanol–water partition coefficient (Wildman–Crippen LogP) is 5.32. The number of aromatic nitrogens is 4. The van der Waals surface area contributed by atoms with E-state index >= 15 is 0 Å². The lowest BCUT2D eigenvalue weighted by Crippen LogP contribution is -2.34. The first-order chi connectivity index (χ1) is 15.3. The summed E-state index contributed by atoms with van der Waals surface area (Å²) < 4.78 is 2.26. The van der Waals surface area contributed by atoms with Gasteiger partial charge in [-0.05, 0) is 37.7 Å². The van der Waals surface area contributed by atoms with Crippen LogP contribution in [0.5, 0.6) is 0 Å². The van der Waals surface area contributed by atoms with Crippen molar-refractivity contribution < 1.29 is 0 Å². The first-order valence-corrected chi connectivity index (χ1v) is 11.7. The number of rotatable bonds is 5. The summed E-state index contributed by atoms with van der Waals surface area (Å²) in [7, 11) is 0. The van der Waals surface area contributed by atoms with Gasteiger partial charge in [-0.15, -0.1) is 11.3 Å². The van der Waals surface area contributed by atoms with E-state index in [9.17, 15) is 0 Å². The van der Waals surface area contributed by atoms with Crippen LogP contribution in [0.25, 0.3) is 20.3 Å². The summed E-state index contributed by atoms with van der Waals surface area (Å²) in [5.74, 6) is 3.48. The zero-order valence-electron chi connectivity index (χ0n) is 17.1. The Morgan fingerprint density at radius 2 is 2.00 bits per heavy atom. The zero-order valence-corrected chi connectivity index (χ0v) is 18.0. The standard InChI is InChI=1S/C23H23N7S/c24-10-7-14-8-11-30(12-9-14)23-26-20-16-3-1-2-4-18(16)31-21(20)22(27-23)25-19-13-17(28-29-19)15-5-6-15/h1-4,13-15H,5-9,11-12H2,(H2,25,26,27,28,29). The molecule has 4 aromatic rings. The predicted molar refractivity (Wildman–Crippen MR) is 124 cm³/mol. The lowest BCUT2D eigenvalue weighted by atomic mass is 9.94. The van der Waals surface area contributed by atoms with E-state index in [2.05, 4.69) is 56.8 Å². The molecule has 8 heteroatoms. The lowest BCUT2D eigenvalue weighted by Gasteiger charge is -2.31. The van der Waals surface area contributed by atoms with Crippen molar-refractivity contribution >= 4 is 49.2 Å². The highest BCUT2D eigenvalue weighted by Crippen LogP contribution is 2.41. The Morgan fingerprint density at radius 3 is 2.81 bits per heavy atom. The van der Waals surface area contributed by atoms with Gasteiger partial charge in [0.1, 0.15) is 0 Å². The van der Waals surface area contributed by atoms with Crippen LogP contribution in [0.4, 0.5) is 17.6 Å². The lowest BCUT2D eigenvalue weighted by molar-refractivity contribution is 0.409. The molecule has 7 nitrogen and oxygen atoms in total. The van der Waals surface area contributed by atoms with Crippen molar-refractivity contribution in [3.63, 3.8) is 0 Å². The van der Waals surface area contributed by atoms with Gasteiger partial charge in [-0.1, -0.05) is 18.2 Å². The van der Waals surface area contributed by atoms with Crippen molar-refractivity contribution in [1.82, 2.24) is 20.2 Å². The third kappa shape index (κ3) is 3.49. The fourth-order valence-electron chi connectivity index (χ4n) is 4.40. The van der Waals surface area contributed by atoms with Crippen LogP contribution in [0.1, 0.15) is 43.7 Å². The number of H-pyrrole nitrogens is 1. The molecular formula is C23H23N7S. The van der Waals surface area contributed by atoms with Gasteiger partial charge in [-0.25, -0.2) is 4.98 Å². The molecular weight excluding hydrogens is 406 g/mol. The van der Waals surface area contributed by atoms with Crippen molar-refractivity contribution in [2.45, 2.75) is 38.0 Å². The highest BCUT2D eigenvalue weighted by molar-refractivity contribution is 7.26. The molecule has 1 aromatic carbocycles. The normalized spacial score (nSPS) is 17.3. The van der Waals surface area contributed by atoms with Gasteiger partial charge in [0.05, 0.1) is 16.3 Å². The molecule has 0 spiro atoms. The van der Waals surface area contributed by atoms with Gasteiger partial charge >= 0.3 is 0 Å². The molecule has 0 radical (unpaired) electrons. The van der Waals surface area contributed by atoms with Crippen molar-refractivity contribution in [1.29, 1.82) is 5.26 Å². The van der Waals surface area contributed by atoms with Gasteiger partial charge in [-0.3, -0.25) is 5.10 Å². The second-order valence-corrected chi connectivity index (χ2v) is 9.60. The van der Waals surface area contributed by atoms with Crippen molar-refractivity contribution in [2.24, 2.45) is 5.92 Å². The number of hydrogen-bond acceptors (Lipinski definition) is 7. The van der Waals surface area contributed by atoms with E-state index < -0.39 is 0 Å². The molecule has 2 fully saturated rings. The molecule has 31 heavy (non-hydrogen) atoms. The summed E-state index contributed by atoms with van der Waals surface area (Å²) in [6.07, 6.45) is 5.12. The highest BCUT2D eigenvalue weighted by atomic mass is 32.1. The fraction of sp³-hybridized carbons (Fsp3) is 0.391. The number of nitrogens with one attached hydrogen (secondary N) is 2. The Balaban J connectivity index is 1.39. The fourth-order valence-corrected chi connectivity index (χ4v) is 5.48. The quantitative estimate of drug-likeness (QED) is 0.446. The molecule has 3 aromatic heterocycles. The van der Waals surface area contributed by atoms with Gasteiger partial charge in [0.15, 0.2) is 11.6 Å². The number of hydrogen-bond donors (Lipinski definition) is 2. The zero-order chi connectivity index (χ0) is 20.8. The number of nitrogens with zero attached hydrogens (tertiary/aromatic N) is 5. The average Bonchev–Trinajstić information content (AvgIpc) is 3.43. The summed E-state index contributed by atoms with van der Waals surface area (Å²) >= 11 is 1.72. The minimum atomic E-state index is 0.481. The van der Waals surface area contributed by atoms with Crippen LogP contribution in [0, 0.1) is 17.2 Å². The van der Waals surface area contributed by atoms with Crippen LogP contribution in [0.2, 0.25) is 0 Å². The first-order valence-electron chi connectivity index (χ1n) is 10.9. The van der Waals surface area contributed by atoms with Gasteiger partial charge < -0.3 is 10.2 Å². The Labute approximate surface area is 184 Å². The summed E-state index contributed by atoms with van der Waals surface area (Å²) in [5.41, 5.74) is 2.19. The number of nitriles is 1. The Morgan fingerprint density at radius 1 is 1.16 bits per heavy atom. The Hall–Kier alpha value is -3.18. The molecule has 156 valence electrons. The maximum absolute atomic E-state index is 9.01. The van der Waals surface area contributed by atoms with Crippen LogP contribution in [-0.2, 0) is 0 Å². The minimum absolute atomic E-state index is 0.481. The van der Waals surface area contributed by atoms with E-state index in [4.69, 9.17) is 15.2 Å². The van der Waals surface area contributed by atoms with E-state index in [-0.39, 0.29) is 0 Å². The molecule has 1 aliphatic carbocycles. The summed E-state index contributed by atoms with van der Waals surface area (Å²) in [6.45, 7) is 1.77. The molecule has 0 unspecified atom stereocenters. The monoisotopic (exact) mass is 429 g/mol. The van der Waals surface area contributed by atoms with Crippen molar-refractivity contribution in [2.75, 3.05) is 23.3 Å². The van der Waals surface area contributed by atoms with Crippen LogP contribution in [-0.4, -0.2) is 33.3 Å². The summed E-state index contributed by atoms with van der Waals surface area (Å²) in [6, 6.07) is 12.8. The maximum Gasteiger partial charge on any atom is 0.227 e. The smallest absolute Gasteiger partial charge is 0.227 e. The number of anilines is 3. The van der Waals surface area contributed by atoms with Crippen LogP contribution < -0.4 is 10.2 Å². The van der Waals surface area contributed by atoms with Gasteiger partial charge in [-0.2, -0.15) is 15.3 Å². The van der Waals surface area contributed by atoms with Gasteiger partial charge in [0.2, 0.25) is 5.95 Å². The minimum Gasteiger partial charge on any atom is -0.341 e. The SMILES string of the molecule is N#CCC1CCN(c2nc(Nc3cc(C4CC4)[nH]n3)c3sc4ccccc4c3n2)CC1. The van der Waals surface area contributed by atoms with E-state index in [1.807, 2.05) is 0 Å².